The van der Waals surface area contributed by atoms with Crippen molar-refractivity contribution in [2.45, 2.75) is 72.8 Å². The number of hydrogen-bond donors (Lipinski definition) is 1. The van der Waals surface area contributed by atoms with Crippen molar-refractivity contribution < 1.29 is 0 Å². The second kappa shape index (κ2) is 4.26. The third-order valence-electron chi connectivity index (χ3n) is 6.46. The predicted octanol–water partition coefficient (Wildman–Crippen LogP) is 4.21. The van der Waals surface area contributed by atoms with Crippen molar-refractivity contribution in [3.63, 3.8) is 0 Å². The average molecular weight is 237 g/mol. The molecule has 1 heteroatoms. The van der Waals surface area contributed by atoms with Crippen LogP contribution in [0.1, 0.15) is 66.7 Å². The maximum atomic E-state index is 6.62. The van der Waals surface area contributed by atoms with Gasteiger partial charge in [0, 0.05) is 6.04 Å². The van der Waals surface area contributed by atoms with Gasteiger partial charge >= 0.3 is 0 Å². The Kier molecular flexibility index (Phi) is 3.36. The van der Waals surface area contributed by atoms with Gasteiger partial charge in [0.15, 0.2) is 0 Å². The lowest BCUT2D eigenvalue weighted by atomic mass is 9.75. The third kappa shape index (κ3) is 2.05. The molecule has 100 valence electrons. The van der Waals surface area contributed by atoms with Crippen LogP contribution in [0.25, 0.3) is 0 Å². The second-order valence-corrected chi connectivity index (χ2v) is 7.70. The normalized spacial score (nSPS) is 37.8. The molecule has 0 aliphatic heterocycles. The molecule has 2 fully saturated rings. The third-order valence-corrected chi connectivity index (χ3v) is 6.46. The van der Waals surface area contributed by atoms with Crippen molar-refractivity contribution in [3.8, 4) is 0 Å². The zero-order valence-electron chi connectivity index (χ0n) is 12.4. The SMILES string of the molecule is CCC1CCCC(C(N)C2C(C)(C)C2(C)C)C1. The minimum Gasteiger partial charge on any atom is -0.327 e. The molecule has 0 aromatic rings. The quantitative estimate of drug-likeness (QED) is 0.781. The van der Waals surface area contributed by atoms with Crippen LogP contribution in [0.3, 0.4) is 0 Å². The van der Waals surface area contributed by atoms with Crippen LogP contribution in [0.5, 0.6) is 0 Å². The fraction of sp³-hybridized carbons (Fsp3) is 1.00. The molecule has 0 amide bonds. The molecule has 2 saturated carbocycles. The Balaban J connectivity index is 1.99. The van der Waals surface area contributed by atoms with E-state index >= 15 is 0 Å². The van der Waals surface area contributed by atoms with Gasteiger partial charge in [-0.05, 0) is 41.4 Å². The van der Waals surface area contributed by atoms with Gasteiger partial charge in [-0.25, -0.2) is 0 Å². The molecule has 0 saturated heterocycles. The molecule has 0 aromatic heterocycles. The maximum Gasteiger partial charge on any atom is 0.0106 e. The molecule has 2 N–H and O–H groups in total. The van der Waals surface area contributed by atoms with E-state index in [1.54, 1.807) is 0 Å². The van der Waals surface area contributed by atoms with Crippen molar-refractivity contribution >= 4 is 0 Å². The molecule has 0 heterocycles. The van der Waals surface area contributed by atoms with Crippen LogP contribution < -0.4 is 5.73 Å². The minimum atomic E-state index is 0.439. The van der Waals surface area contributed by atoms with E-state index in [0.29, 0.717) is 16.9 Å². The van der Waals surface area contributed by atoms with Crippen LogP contribution in [0, 0.1) is 28.6 Å². The molecule has 2 aliphatic rings. The van der Waals surface area contributed by atoms with E-state index in [4.69, 9.17) is 5.73 Å². The molecule has 0 aromatic carbocycles. The fourth-order valence-electron chi connectivity index (χ4n) is 4.53. The summed E-state index contributed by atoms with van der Waals surface area (Å²) in [5.41, 5.74) is 7.52. The van der Waals surface area contributed by atoms with Gasteiger partial charge in [0.1, 0.15) is 0 Å². The number of rotatable bonds is 3. The minimum absolute atomic E-state index is 0.439. The molecule has 0 spiro atoms. The summed E-state index contributed by atoms with van der Waals surface area (Å²) in [5.74, 6) is 2.47. The highest BCUT2D eigenvalue weighted by Gasteiger charge is 2.67. The molecular formula is C16H31N. The highest BCUT2D eigenvalue weighted by molar-refractivity contribution is 5.16. The summed E-state index contributed by atoms with van der Waals surface area (Å²) >= 11 is 0. The van der Waals surface area contributed by atoms with E-state index in [-0.39, 0.29) is 0 Å². The Bertz CT molecular complexity index is 265. The number of nitrogens with two attached hydrogens (primary N) is 1. The first-order chi connectivity index (χ1) is 7.82. The first-order valence-electron chi connectivity index (χ1n) is 7.58. The van der Waals surface area contributed by atoms with Gasteiger partial charge in [0.2, 0.25) is 0 Å². The molecule has 0 bridgehead atoms. The summed E-state index contributed by atoms with van der Waals surface area (Å²) in [6.45, 7) is 11.9. The van der Waals surface area contributed by atoms with Crippen molar-refractivity contribution in [2.75, 3.05) is 0 Å². The van der Waals surface area contributed by atoms with Gasteiger partial charge in [-0.3, -0.25) is 0 Å². The van der Waals surface area contributed by atoms with Gasteiger partial charge < -0.3 is 5.73 Å². The molecule has 1 nitrogen and oxygen atoms in total. The van der Waals surface area contributed by atoms with Crippen LogP contribution >= 0.6 is 0 Å². The Morgan fingerprint density at radius 3 is 2.18 bits per heavy atom. The highest BCUT2D eigenvalue weighted by atomic mass is 14.8. The van der Waals surface area contributed by atoms with Gasteiger partial charge in [0.05, 0.1) is 0 Å². The molecule has 2 rings (SSSR count). The van der Waals surface area contributed by atoms with Gasteiger partial charge in [-0.15, -0.1) is 0 Å². The zero-order chi connectivity index (χ0) is 12.8. The number of hydrogen-bond acceptors (Lipinski definition) is 1. The summed E-state index contributed by atoms with van der Waals surface area (Å²) < 4.78 is 0. The first kappa shape index (κ1) is 13.4. The zero-order valence-corrected chi connectivity index (χ0v) is 12.4. The largest absolute Gasteiger partial charge is 0.327 e. The monoisotopic (exact) mass is 237 g/mol. The average Bonchev–Trinajstić information content (AvgIpc) is 2.69. The van der Waals surface area contributed by atoms with E-state index in [2.05, 4.69) is 34.6 Å². The Morgan fingerprint density at radius 1 is 1.12 bits per heavy atom. The van der Waals surface area contributed by atoms with Crippen molar-refractivity contribution in [2.24, 2.45) is 34.3 Å². The Hall–Kier alpha value is -0.0400. The smallest absolute Gasteiger partial charge is 0.0106 e. The molecule has 3 atom stereocenters. The molecular weight excluding hydrogens is 206 g/mol. The van der Waals surface area contributed by atoms with Gasteiger partial charge in [-0.1, -0.05) is 53.9 Å². The first-order valence-corrected chi connectivity index (χ1v) is 7.58. The predicted molar refractivity (Wildman–Crippen MR) is 74.8 cm³/mol. The van der Waals surface area contributed by atoms with Gasteiger partial charge in [0.25, 0.3) is 0 Å². The molecule has 3 unspecified atom stereocenters. The maximum absolute atomic E-state index is 6.62. The lowest BCUT2D eigenvalue weighted by molar-refractivity contribution is 0.206. The topological polar surface area (TPSA) is 26.0 Å². The van der Waals surface area contributed by atoms with Crippen LogP contribution in [0.15, 0.2) is 0 Å². The van der Waals surface area contributed by atoms with Crippen LogP contribution in [0.4, 0.5) is 0 Å². The van der Waals surface area contributed by atoms with E-state index in [1.807, 2.05) is 0 Å². The van der Waals surface area contributed by atoms with E-state index in [9.17, 15) is 0 Å². The highest BCUT2D eigenvalue weighted by Crippen LogP contribution is 2.70. The summed E-state index contributed by atoms with van der Waals surface area (Å²) in [6.07, 6.45) is 6.96. The van der Waals surface area contributed by atoms with E-state index in [0.717, 1.165) is 17.8 Å². The van der Waals surface area contributed by atoms with Crippen LogP contribution in [-0.4, -0.2) is 6.04 Å². The van der Waals surface area contributed by atoms with Crippen molar-refractivity contribution in [1.82, 2.24) is 0 Å². The lowest BCUT2D eigenvalue weighted by Crippen LogP contribution is -2.37. The molecule has 17 heavy (non-hydrogen) atoms. The summed E-state index contributed by atoms with van der Waals surface area (Å²) in [5, 5.41) is 0. The lowest BCUT2D eigenvalue weighted by Gasteiger charge is -2.33. The van der Waals surface area contributed by atoms with Crippen molar-refractivity contribution in [3.05, 3.63) is 0 Å². The van der Waals surface area contributed by atoms with Crippen molar-refractivity contribution in [1.29, 1.82) is 0 Å². The Labute approximate surface area is 108 Å². The fourth-order valence-corrected chi connectivity index (χ4v) is 4.53. The van der Waals surface area contributed by atoms with Crippen LogP contribution in [0.2, 0.25) is 0 Å². The summed E-state index contributed by atoms with van der Waals surface area (Å²) in [4.78, 5) is 0. The van der Waals surface area contributed by atoms with Gasteiger partial charge in [-0.2, -0.15) is 0 Å². The van der Waals surface area contributed by atoms with E-state index < -0.39 is 0 Å². The van der Waals surface area contributed by atoms with Crippen LogP contribution in [-0.2, 0) is 0 Å². The van der Waals surface area contributed by atoms with E-state index in [1.165, 1.54) is 32.1 Å². The second-order valence-electron chi connectivity index (χ2n) is 7.70. The summed E-state index contributed by atoms with van der Waals surface area (Å²) in [7, 11) is 0. The molecule has 2 aliphatic carbocycles. The summed E-state index contributed by atoms with van der Waals surface area (Å²) in [6, 6.07) is 0.439. The molecule has 0 radical (unpaired) electrons. The Morgan fingerprint density at radius 2 is 1.71 bits per heavy atom. The standard InChI is InChI=1S/C16H31N/c1-6-11-8-7-9-12(10-11)13(17)14-15(2,3)16(14,4)5/h11-14H,6-10,17H2,1-5H3.